The van der Waals surface area contributed by atoms with Gasteiger partial charge in [0.2, 0.25) is 10.0 Å². The van der Waals surface area contributed by atoms with Gasteiger partial charge in [-0.15, -0.1) is 0 Å². The fourth-order valence-corrected chi connectivity index (χ4v) is 5.77. The van der Waals surface area contributed by atoms with Gasteiger partial charge in [0.05, 0.1) is 29.5 Å². The Labute approximate surface area is 134 Å². The van der Waals surface area contributed by atoms with Crippen molar-refractivity contribution in [2.24, 2.45) is 0 Å². The normalized spacial score (nSPS) is 26.8. The molecule has 1 heterocycles. The number of fused-ring (bicyclic) bond motifs is 1. The van der Waals surface area contributed by atoms with Crippen molar-refractivity contribution in [2.75, 3.05) is 18.9 Å². The van der Waals surface area contributed by atoms with E-state index in [0.29, 0.717) is 18.2 Å². The van der Waals surface area contributed by atoms with E-state index in [9.17, 15) is 8.42 Å². The van der Waals surface area contributed by atoms with E-state index in [1.165, 1.54) is 16.4 Å². The molecule has 2 unspecified atom stereocenters. The number of sulfonamides is 1. The highest BCUT2D eigenvalue weighted by Gasteiger charge is 2.43. The summed E-state index contributed by atoms with van der Waals surface area (Å²) in [7, 11) is -3.76. The van der Waals surface area contributed by atoms with E-state index in [1.807, 2.05) is 0 Å². The van der Waals surface area contributed by atoms with Gasteiger partial charge in [0.15, 0.2) is 0 Å². The number of hydrogen-bond acceptors (Lipinski definition) is 4. The maximum Gasteiger partial charge on any atom is 0.247 e. The Morgan fingerprint density at radius 3 is 2.76 bits per heavy atom. The highest BCUT2D eigenvalue weighted by Crippen LogP contribution is 2.38. The Bertz CT molecular complexity index is 642. The van der Waals surface area contributed by atoms with Crippen LogP contribution in [0.3, 0.4) is 0 Å². The lowest BCUT2D eigenvalue weighted by molar-refractivity contribution is -0.0241. The van der Waals surface area contributed by atoms with Gasteiger partial charge in [0, 0.05) is 11.6 Å². The molecule has 8 heteroatoms. The lowest BCUT2D eigenvalue weighted by atomic mass is 10.2. The molecule has 1 aliphatic carbocycles. The van der Waals surface area contributed by atoms with Crippen LogP contribution in [0.15, 0.2) is 17.0 Å². The number of nitrogen functional groups attached to an aromatic ring is 1. The molecule has 116 valence electrons. The molecule has 3 rings (SSSR count). The SMILES string of the molecule is Nc1cc(Cl)cc(Cl)c1S(=O)(=O)N1CCOC2CCCC21. The number of benzene rings is 1. The van der Waals surface area contributed by atoms with E-state index in [4.69, 9.17) is 33.7 Å². The Morgan fingerprint density at radius 1 is 1.29 bits per heavy atom. The summed E-state index contributed by atoms with van der Waals surface area (Å²) in [6.07, 6.45) is 2.63. The minimum atomic E-state index is -3.76. The molecule has 2 atom stereocenters. The molecule has 1 aromatic carbocycles. The summed E-state index contributed by atoms with van der Waals surface area (Å²) in [6, 6.07) is 2.68. The van der Waals surface area contributed by atoms with Gasteiger partial charge in [-0.2, -0.15) is 4.31 Å². The number of nitrogens with two attached hydrogens (primary N) is 1. The van der Waals surface area contributed by atoms with Crippen LogP contribution in [0.25, 0.3) is 0 Å². The van der Waals surface area contributed by atoms with Crippen LogP contribution in [0.2, 0.25) is 10.0 Å². The van der Waals surface area contributed by atoms with Crippen molar-refractivity contribution in [2.45, 2.75) is 36.3 Å². The summed E-state index contributed by atoms with van der Waals surface area (Å²) < 4.78 is 33.0. The molecule has 2 fully saturated rings. The zero-order valence-corrected chi connectivity index (χ0v) is 13.6. The van der Waals surface area contributed by atoms with Gasteiger partial charge in [0.25, 0.3) is 0 Å². The van der Waals surface area contributed by atoms with E-state index >= 15 is 0 Å². The van der Waals surface area contributed by atoms with Gasteiger partial charge in [-0.25, -0.2) is 8.42 Å². The lowest BCUT2D eigenvalue weighted by Crippen LogP contribution is -2.51. The molecule has 1 aliphatic heterocycles. The number of nitrogens with zero attached hydrogens (tertiary/aromatic N) is 1. The highest BCUT2D eigenvalue weighted by atomic mass is 35.5. The monoisotopic (exact) mass is 350 g/mol. The van der Waals surface area contributed by atoms with Gasteiger partial charge in [0.1, 0.15) is 4.90 Å². The molecular weight excluding hydrogens is 335 g/mol. The molecule has 1 saturated carbocycles. The zero-order valence-electron chi connectivity index (χ0n) is 11.3. The molecule has 5 nitrogen and oxygen atoms in total. The van der Waals surface area contributed by atoms with Gasteiger partial charge in [-0.3, -0.25) is 0 Å². The number of ether oxygens (including phenoxy) is 1. The second-order valence-electron chi connectivity index (χ2n) is 5.33. The first-order valence-electron chi connectivity index (χ1n) is 6.79. The summed E-state index contributed by atoms with van der Waals surface area (Å²) in [4.78, 5) is -0.0545. The van der Waals surface area contributed by atoms with Crippen molar-refractivity contribution >= 4 is 38.9 Å². The lowest BCUT2D eigenvalue weighted by Gasteiger charge is -2.36. The van der Waals surface area contributed by atoms with Crippen LogP contribution < -0.4 is 5.73 Å². The summed E-state index contributed by atoms with van der Waals surface area (Å²) in [5, 5.41) is 0.373. The van der Waals surface area contributed by atoms with Crippen LogP contribution in [0, 0.1) is 0 Å². The molecule has 0 aromatic heterocycles. The predicted molar refractivity (Wildman–Crippen MR) is 82.1 cm³/mol. The molecule has 0 radical (unpaired) electrons. The Morgan fingerprint density at radius 2 is 2.05 bits per heavy atom. The predicted octanol–water partition coefficient (Wildman–Crippen LogP) is 2.52. The number of halogens is 2. The van der Waals surface area contributed by atoms with Gasteiger partial charge < -0.3 is 10.5 Å². The Kier molecular flexibility index (Phi) is 4.09. The standard InChI is InChI=1S/C13H16Cl2N2O3S/c14-8-6-9(15)13(10(16)7-8)21(18,19)17-4-5-20-12-3-1-2-11(12)17/h6-7,11-12H,1-5,16H2. The van der Waals surface area contributed by atoms with Crippen molar-refractivity contribution < 1.29 is 13.2 Å². The summed E-state index contributed by atoms with van der Waals surface area (Å²) >= 11 is 11.9. The van der Waals surface area contributed by atoms with Crippen molar-refractivity contribution in [3.63, 3.8) is 0 Å². The topological polar surface area (TPSA) is 72.6 Å². The van der Waals surface area contributed by atoms with Crippen LogP contribution in [0.4, 0.5) is 5.69 Å². The molecule has 0 bridgehead atoms. The molecule has 2 N–H and O–H groups in total. The van der Waals surface area contributed by atoms with Crippen LogP contribution >= 0.6 is 23.2 Å². The van der Waals surface area contributed by atoms with Crippen LogP contribution in [-0.2, 0) is 14.8 Å². The zero-order chi connectivity index (χ0) is 15.2. The first-order valence-corrected chi connectivity index (χ1v) is 8.99. The molecule has 1 aromatic rings. The van der Waals surface area contributed by atoms with E-state index in [-0.39, 0.29) is 27.8 Å². The van der Waals surface area contributed by atoms with E-state index in [2.05, 4.69) is 0 Å². The van der Waals surface area contributed by atoms with Crippen molar-refractivity contribution in [1.82, 2.24) is 4.31 Å². The average molecular weight is 351 g/mol. The number of anilines is 1. The third-order valence-corrected chi connectivity index (χ3v) is 6.71. The summed E-state index contributed by atoms with van der Waals surface area (Å²) in [6.45, 7) is 0.716. The molecule has 21 heavy (non-hydrogen) atoms. The fourth-order valence-electron chi connectivity index (χ4n) is 3.16. The minimum Gasteiger partial charge on any atom is -0.398 e. The van der Waals surface area contributed by atoms with Crippen molar-refractivity contribution in [3.05, 3.63) is 22.2 Å². The van der Waals surface area contributed by atoms with Crippen LogP contribution in [0.5, 0.6) is 0 Å². The molecule has 0 amide bonds. The fraction of sp³-hybridized carbons (Fsp3) is 0.538. The number of hydrogen-bond donors (Lipinski definition) is 1. The quantitative estimate of drug-likeness (QED) is 0.831. The summed E-state index contributed by atoms with van der Waals surface area (Å²) in [5.74, 6) is 0. The third kappa shape index (κ3) is 2.64. The van der Waals surface area contributed by atoms with Crippen molar-refractivity contribution in [1.29, 1.82) is 0 Å². The van der Waals surface area contributed by atoms with Gasteiger partial charge in [-0.1, -0.05) is 23.2 Å². The first kappa shape index (κ1) is 15.4. The second kappa shape index (κ2) is 5.59. The average Bonchev–Trinajstić information content (AvgIpc) is 2.84. The molecule has 0 spiro atoms. The largest absolute Gasteiger partial charge is 0.398 e. The summed E-state index contributed by atoms with van der Waals surface area (Å²) in [5.41, 5.74) is 5.92. The van der Waals surface area contributed by atoms with Crippen LogP contribution in [0.1, 0.15) is 19.3 Å². The second-order valence-corrected chi connectivity index (χ2v) is 8.00. The molecule has 1 saturated heterocycles. The maximum atomic E-state index is 12.9. The maximum absolute atomic E-state index is 12.9. The highest BCUT2D eigenvalue weighted by molar-refractivity contribution is 7.89. The van der Waals surface area contributed by atoms with Crippen molar-refractivity contribution in [3.8, 4) is 0 Å². The van der Waals surface area contributed by atoms with E-state index in [1.54, 1.807) is 0 Å². The van der Waals surface area contributed by atoms with Gasteiger partial charge >= 0.3 is 0 Å². The number of rotatable bonds is 2. The smallest absolute Gasteiger partial charge is 0.247 e. The molecule has 2 aliphatic rings. The third-order valence-electron chi connectivity index (χ3n) is 4.03. The molecular formula is C13H16Cl2N2O3S. The Hall–Kier alpha value is -0.530. The van der Waals surface area contributed by atoms with Crippen LogP contribution in [-0.4, -0.2) is 38.0 Å². The number of morpholine rings is 1. The Balaban J connectivity index is 2.04. The minimum absolute atomic E-state index is 0.0270. The first-order chi connectivity index (χ1) is 9.91. The van der Waals surface area contributed by atoms with E-state index in [0.717, 1.165) is 19.3 Å². The van der Waals surface area contributed by atoms with Gasteiger partial charge in [-0.05, 0) is 31.4 Å². The van der Waals surface area contributed by atoms with E-state index < -0.39 is 10.0 Å².